The van der Waals surface area contributed by atoms with Crippen LogP contribution in [-0.4, -0.2) is 36.8 Å². The summed E-state index contributed by atoms with van der Waals surface area (Å²) in [4.78, 5) is 0. The van der Waals surface area contributed by atoms with Gasteiger partial charge in [-0.05, 0) is 38.1 Å². The van der Waals surface area contributed by atoms with Crippen LogP contribution in [0.2, 0.25) is 5.02 Å². The van der Waals surface area contributed by atoms with E-state index in [0.717, 1.165) is 16.3 Å². The van der Waals surface area contributed by atoms with Crippen LogP contribution in [0.5, 0.6) is 0 Å². The van der Waals surface area contributed by atoms with Crippen molar-refractivity contribution >= 4 is 32.5 Å². The van der Waals surface area contributed by atoms with Crippen LogP contribution < -0.4 is 5.32 Å². The second-order valence-corrected chi connectivity index (χ2v) is 8.50. The molecule has 1 aliphatic heterocycles. The molecule has 2 N–H and O–H groups in total. The lowest BCUT2D eigenvalue weighted by Gasteiger charge is -2.32. The first-order chi connectivity index (χ1) is 11.4. The fourth-order valence-corrected chi connectivity index (χ4v) is 4.26. The molecule has 3 rings (SSSR count). The maximum atomic E-state index is 13.1. The Kier molecular flexibility index (Phi) is 4.34. The van der Waals surface area contributed by atoms with E-state index in [2.05, 4.69) is 5.32 Å². The Morgan fingerprint density at radius 1 is 1.28 bits per heavy atom. The summed E-state index contributed by atoms with van der Waals surface area (Å²) in [6.45, 7) is 1.02. The summed E-state index contributed by atoms with van der Waals surface area (Å²) in [5, 5.41) is 13.7. The van der Waals surface area contributed by atoms with Gasteiger partial charge in [0.25, 0.3) is 0 Å². The molecule has 1 aromatic heterocycles. The van der Waals surface area contributed by atoms with E-state index in [4.69, 9.17) is 11.6 Å². The van der Waals surface area contributed by atoms with E-state index in [0.29, 0.717) is 32.0 Å². The van der Waals surface area contributed by atoms with E-state index in [1.54, 1.807) is 0 Å². The average Bonchev–Trinajstić information content (AvgIpc) is 2.85. The Bertz CT molecular complexity index is 932. The van der Waals surface area contributed by atoms with E-state index in [1.807, 2.05) is 0 Å². The van der Waals surface area contributed by atoms with Gasteiger partial charge in [-0.15, -0.1) is 0 Å². The van der Waals surface area contributed by atoms with Crippen molar-refractivity contribution in [3.8, 4) is 0 Å². The van der Waals surface area contributed by atoms with Crippen molar-refractivity contribution in [2.45, 2.75) is 24.6 Å². The third-order valence-electron chi connectivity index (χ3n) is 4.45. The molecule has 1 fully saturated rings. The monoisotopic (exact) mass is 396 g/mol. The van der Waals surface area contributed by atoms with Crippen molar-refractivity contribution in [3.05, 3.63) is 34.5 Å². The van der Waals surface area contributed by atoms with Crippen LogP contribution in [0.4, 0.5) is 13.2 Å². The summed E-state index contributed by atoms with van der Waals surface area (Å²) < 4.78 is 64.3. The lowest BCUT2D eigenvalue weighted by molar-refractivity contribution is -0.137. The molecule has 0 aliphatic carbocycles. The Hall–Kier alpha value is -1.29. The fraction of sp³-hybridized carbons (Fsp3) is 0.467. The van der Waals surface area contributed by atoms with Gasteiger partial charge in [-0.1, -0.05) is 11.6 Å². The van der Waals surface area contributed by atoms with E-state index >= 15 is 0 Å². The molecule has 2 heterocycles. The highest BCUT2D eigenvalue weighted by atomic mass is 35.5. The minimum Gasteiger partial charge on any atom is -0.385 e. The summed E-state index contributed by atoms with van der Waals surface area (Å²) in [5.74, 6) is 0. The maximum Gasteiger partial charge on any atom is 0.417 e. The molecule has 0 spiro atoms. The van der Waals surface area contributed by atoms with Crippen LogP contribution in [0.25, 0.3) is 10.9 Å². The molecule has 0 amide bonds. The Morgan fingerprint density at radius 2 is 1.88 bits per heavy atom. The van der Waals surface area contributed by atoms with Gasteiger partial charge in [-0.2, -0.15) is 13.2 Å². The SMILES string of the molecule is CS(=O)(=O)n1cc(C2(O)CCNCC2)c2cc(Cl)c(C(F)(F)F)cc21. The number of aliphatic hydroxyl groups is 1. The summed E-state index contributed by atoms with van der Waals surface area (Å²) >= 11 is 5.80. The number of hydrogen-bond acceptors (Lipinski definition) is 4. The maximum absolute atomic E-state index is 13.1. The molecule has 1 aromatic carbocycles. The fourth-order valence-electron chi connectivity index (χ4n) is 3.19. The molecule has 1 saturated heterocycles. The van der Waals surface area contributed by atoms with Crippen LogP contribution in [0.3, 0.4) is 0 Å². The molecule has 0 unspecified atom stereocenters. The van der Waals surface area contributed by atoms with Gasteiger partial charge in [0, 0.05) is 17.1 Å². The second kappa shape index (κ2) is 5.87. The van der Waals surface area contributed by atoms with Gasteiger partial charge in [0.05, 0.1) is 28.0 Å². The molecule has 1 aliphatic rings. The molecule has 25 heavy (non-hydrogen) atoms. The summed E-state index contributed by atoms with van der Waals surface area (Å²) in [7, 11) is -3.87. The first kappa shape index (κ1) is 18.5. The number of piperidine rings is 1. The number of rotatable bonds is 2. The summed E-state index contributed by atoms with van der Waals surface area (Å²) in [5.41, 5.74) is -2.33. The lowest BCUT2D eigenvalue weighted by Crippen LogP contribution is -2.39. The molecule has 0 saturated carbocycles. The second-order valence-electron chi connectivity index (χ2n) is 6.23. The number of halogens is 4. The summed E-state index contributed by atoms with van der Waals surface area (Å²) in [6.07, 6.45) is -2.00. The molecule has 0 bridgehead atoms. The van der Waals surface area contributed by atoms with E-state index in [9.17, 15) is 26.7 Å². The Morgan fingerprint density at radius 3 is 2.40 bits per heavy atom. The number of alkyl halides is 3. The minimum atomic E-state index is -4.72. The van der Waals surface area contributed by atoms with Gasteiger partial charge in [0.1, 0.15) is 0 Å². The smallest absolute Gasteiger partial charge is 0.385 e. The number of fused-ring (bicyclic) bond motifs is 1. The zero-order valence-corrected chi connectivity index (χ0v) is 14.8. The van der Waals surface area contributed by atoms with Crippen molar-refractivity contribution < 1.29 is 26.7 Å². The summed E-state index contributed by atoms with van der Waals surface area (Å²) in [6, 6.07) is 1.80. The predicted molar refractivity (Wildman–Crippen MR) is 88.2 cm³/mol. The number of benzene rings is 1. The minimum absolute atomic E-state index is 0.152. The van der Waals surface area contributed by atoms with Crippen molar-refractivity contribution in [3.63, 3.8) is 0 Å². The third-order valence-corrected chi connectivity index (χ3v) is 5.78. The largest absolute Gasteiger partial charge is 0.417 e. The predicted octanol–water partition coefficient (Wildman–Crippen LogP) is 2.69. The molecule has 0 atom stereocenters. The Labute approximate surface area is 147 Å². The molecule has 2 aromatic rings. The number of aromatic nitrogens is 1. The number of nitrogens with one attached hydrogen (secondary N) is 1. The molecule has 5 nitrogen and oxygen atoms in total. The highest BCUT2D eigenvalue weighted by Crippen LogP contribution is 2.42. The molecule has 138 valence electrons. The normalized spacial score (nSPS) is 18.6. The van der Waals surface area contributed by atoms with E-state index < -0.39 is 32.4 Å². The molecule has 10 heteroatoms. The van der Waals surface area contributed by atoms with Crippen molar-refractivity contribution in [2.24, 2.45) is 0 Å². The average molecular weight is 397 g/mol. The van der Waals surface area contributed by atoms with Crippen LogP contribution in [0.15, 0.2) is 18.3 Å². The van der Waals surface area contributed by atoms with Crippen molar-refractivity contribution in [2.75, 3.05) is 19.3 Å². The van der Waals surface area contributed by atoms with Gasteiger partial charge in [-0.3, -0.25) is 0 Å². The van der Waals surface area contributed by atoms with Gasteiger partial charge in [0.15, 0.2) is 0 Å². The zero-order valence-electron chi connectivity index (χ0n) is 13.2. The molecule has 0 radical (unpaired) electrons. The van der Waals surface area contributed by atoms with Gasteiger partial charge < -0.3 is 10.4 Å². The van der Waals surface area contributed by atoms with Crippen LogP contribution in [0.1, 0.15) is 24.0 Å². The highest BCUT2D eigenvalue weighted by molar-refractivity contribution is 7.89. The molecular formula is C15H16ClF3N2O3S. The highest BCUT2D eigenvalue weighted by Gasteiger charge is 2.38. The van der Waals surface area contributed by atoms with E-state index in [1.165, 1.54) is 6.20 Å². The number of nitrogens with zero attached hydrogens (tertiary/aromatic N) is 1. The molecular weight excluding hydrogens is 381 g/mol. The van der Waals surface area contributed by atoms with Crippen molar-refractivity contribution in [1.29, 1.82) is 0 Å². The first-order valence-corrected chi connectivity index (χ1v) is 9.72. The zero-order chi connectivity index (χ0) is 18.6. The van der Waals surface area contributed by atoms with Crippen molar-refractivity contribution in [1.82, 2.24) is 9.29 Å². The van der Waals surface area contributed by atoms with Gasteiger partial charge in [-0.25, -0.2) is 12.4 Å². The van der Waals surface area contributed by atoms with E-state index in [-0.39, 0.29) is 16.5 Å². The Balaban J connectivity index is 2.35. The quantitative estimate of drug-likeness (QED) is 0.818. The van der Waals surface area contributed by atoms with Gasteiger partial charge in [0.2, 0.25) is 10.0 Å². The van der Waals surface area contributed by atoms with Gasteiger partial charge >= 0.3 is 6.18 Å². The van der Waals surface area contributed by atoms with Crippen LogP contribution in [-0.2, 0) is 21.8 Å². The first-order valence-electron chi connectivity index (χ1n) is 7.49. The third kappa shape index (κ3) is 3.25. The van der Waals surface area contributed by atoms with Crippen LogP contribution >= 0.6 is 11.6 Å². The van der Waals surface area contributed by atoms with Crippen LogP contribution in [0, 0.1) is 0 Å². The lowest BCUT2D eigenvalue weighted by atomic mass is 9.85. The standard InChI is InChI=1S/C15H16ClF3N2O3S/c1-25(23,24)21-8-11(14(22)2-4-20-5-3-14)9-6-12(16)10(7-13(9)21)15(17,18)19/h6-8,20,22H,2-5H2,1H3. The number of hydrogen-bond donors (Lipinski definition) is 2. The topological polar surface area (TPSA) is 71.3 Å².